The average molecular weight is 456 g/mol. The molecule has 1 unspecified atom stereocenters. The Bertz CT molecular complexity index is 1080. The van der Waals surface area contributed by atoms with Crippen molar-refractivity contribution in [2.45, 2.75) is 37.9 Å². The summed E-state index contributed by atoms with van der Waals surface area (Å²) in [6, 6.07) is 8.10. The Morgan fingerprint density at radius 3 is 2.21 bits per heavy atom. The van der Waals surface area contributed by atoms with Gasteiger partial charge >= 0.3 is 12.1 Å². The first-order valence-corrected chi connectivity index (χ1v) is 10.7. The number of carbonyl (C=O) groups is 1. The summed E-state index contributed by atoms with van der Waals surface area (Å²) in [7, 11) is 1.32. The van der Waals surface area contributed by atoms with Crippen LogP contribution in [-0.2, 0) is 10.9 Å². The summed E-state index contributed by atoms with van der Waals surface area (Å²) in [5, 5.41) is 3.44. The van der Waals surface area contributed by atoms with Crippen molar-refractivity contribution in [1.82, 2.24) is 15.0 Å². The second kappa shape index (κ2) is 9.56. The van der Waals surface area contributed by atoms with E-state index in [-0.39, 0.29) is 6.04 Å². The minimum Gasteiger partial charge on any atom is -0.465 e. The Morgan fingerprint density at radius 1 is 1.00 bits per heavy atom. The van der Waals surface area contributed by atoms with Gasteiger partial charge < -0.3 is 10.1 Å². The second-order valence-corrected chi connectivity index (χ2v) is 8.01. The molecule has 172 valence electrons. The fourth-order valence-electron chi connectivity index (χ4n) is 4.10. The molecule has 0 saturated heterocycles. The molecule has 1 aromatic carbocycles. The van der Waals surface area contributed by atoms with Crippen LogP contribution in [0.5, 0.6) is 0 Å². The maximum atomic E-state index is 12.8. The zero-order chi connectivity index (χ0) is 23.4. The SMILES string of the molecule is COC(=O)c1ccc(NC(c2cnc(-c3ccc(C(F)(F)F)cc3)nc2)C2CCCC2)nc1. The first-order valence-electron chi connectivity index (χ1n) is 10.7. The Labute approximate surface area is 189 Å². The number of aromatic nitrogens is 3. The van der Waals surface area contributed by atoms with Crippen LogP contribution in [0.25, 0.3) is 11.4 Å². The molecule has 3 aromatic rings. The van der Waals surface area contributed by atoms with Crippen molar-refractivity contribution in [3.8, 4) is 11.4 Å². The Hall–Kier alpha value is -3.49. The van der Waals surface area contributed by atoms with Gasteiger partial charge in [0.2, 0.25) is 0 Å². The molecule has 0 amide bonds. The zero-order valence-corrected chi connectivity index (χ0v) is 18.0. The smallest absolute Gasteiger partial charge is 0.416 e. The summed E-state index contributed by atoms with van der Waals surface area (Å²) in [5.41, 5.74) is 1.04. The van der Waals surface area contributed by atoms with Gasteiger partial charge in [-0.2, -0.15) is 13.2 Å². The van der Waals surface area contributed by atoms with Crippen molar-refractivity contribution >= 4 is 11.8 Å². The summed E-state index contributed by atoms with van der Waals surface area (Å²) in [5.74, 6) is 0.894. The van der Waals surface area contributed by atoms with Crippen LogP contribution >= 0.6 is 0 Å². The summed E-state index contributed by atoms with van der Waals surface area (Å²) in [6.45, 7) is 0. The van der Waals surface area contributed by atoms with Crippen molar-refractivity contribution in [2.75, 3.05) is 12.4 Å². The van der Waals surface area contributed by atoms with Gasteiger partial charge in [-0.05, 0) is 43.0 Å². The van der Waals surface area contributed by atoms with E-state index in [0.717, 1.165) is 43.4 Å². The summed E-state index contributed by atoms with van der Waals surface area (Å²) in [6.07, 6.45) is 4.88. The zero-order valence-electron chi connectivity index (χ0n) is 18.0. The lowest BCUT2D eigenvalue weighted by atomic mass is 9.93. The number of nitrogens with zero attached hydrogens (tertiary/aromatic N) is 3. The molecule has 1 saturated carbocycles. The van der Waals surface area contributed by atoms with E-state index in [1.54, 1.807) is 24.5 Å². The van der Waals surface area contributed by atoms with Crippen LogP contribution < -0.4 is 5.32 Å². The number of ether oxygens (including phenoxy) is 1. The topological polar surface area (TPSA) is 77.0 Å². The highest BCUT2D eigenvalue weighted by atomic mass is 19.4. The molecule has 0 spiro atoms. The molecule has 1 aliphatic carbocycles. The molecular weight excluding hydrogens is 433 g/mol. The van der Waals surface area contributed by atoms with Gasteiger partial charge in [-0.1, -0.05) is 25.0 Å². The molecule has 2 heterocycles. The molecule has 1 aliphatic rings. The number of benzene rings is 1. The predicted octanol–water partition coefficient (Wildman–Crippen LogP) is 5.69. The number of halogens is 3. The van der Waals surface area contributed by atoms with Crippen LogP contribution in [0, 0.1) is 5.92 Å². The van der Waals surface area contributed by atoms with E-state index in [1.807, 2.05) is 0 Å². The average Bonchev–Trinajstić information content (AvgIpc) is 3.37. The number of anilines is 1. The number of hydrogen-bond donors (Lipinski definition) is 1. The normalized spacial score (nSPS) is 15.3. The van der Waals surface area contributed by atoms with E-state index in [2.05, 4.69) is 20.3 Å². The monoisotopic (exact) mass is 456 g/mol. The van der Waals surface area contributed by atoms with E-state index in [0.29, 0.717) is 28.7 Å². The number of pyridine rings is 1. The Balaban J connectivity index is 1.54. The van der Waals surface area contributed by atoms with Crippen LogP contribution in [0.1, 0.15) is 53.2 Å². The van der Waals surface area contributed by atoms with Gasteiger partial charge in [0.15, 0.2) is 5.82 Å². The molecule has 0 bridgehead atoms. The molecule has 6 nitrogen and oxygen atoms in total. The number of carbonyl (C=O) groups excluding carboxylic acids is 1. The predicted molar refractivity (Wildman–Crippen MR) is 116 cm³/mol. The molecule has 9 heteroatoms. The van der Waals surface area contributed by atoms with Crippen molar-refractivity contribution in [1.29, 1.82) is 0 Å². The fourth-order valence-corrected chi connectivity index (χ4v) is 4.10. The highest BCUT2D eigenvalue weighted by Crippen LogP contribution is 2.37. The minimum absolute atomic E-state index is 0.0781. The lowest BCUT2D eigenvalue weighted by Crippen LogP contribution is -2.20. The van der Waals surface area contributed by atoms with Gasteiger partial charge in [0.1, 0.15) is 5.82 Å². The van der Waals surface area contributed by atoms with E-state index < -0.39 is 17.7 Å². The largest absolute Gasteiger partial charge is 0.465 e. The third kappa shape index (κ3) is 5.30. The molecule has 4 rings (SSSR count). The molecule has 33 heavy (non-hydrogen) atoms. The van der Waals surface area contributed by atoms with Crippen LogP contribution in [0.15, 0.2) is 55.0 Å². The van der Waals surface area contributed by atoms with Gasteiger partial charge in [0, 0.05) is 29.7 Å². The molecule has 2 aromatic heterocycles. The number of methoxy groups -OCH3 is 1. The lowest BCUT2D eigenvalue weighted by Gasteiger charge is -2.25. The minimum atomic E-state index is -4.38. The van der Waals surface area contributed by atoms with Crippen molar-refractivity contribution in [2.24, 2.45) is 5.92 Å². The van der Waals surface area contributed by atoms with Gasteiger partial charge in [-0.3, -0.25) is 0 Å². The summed E-state index contributed by atoms with van der Waals surface area (Å²) in [4.78, 5) is 24.8. The molecular formula is C24H23F3N4O2. The number of esters is 1. The van der Waals surface area contributed by atoms with Crippen LogP contribution in [-0.4, -0.2) is 28.0 Å². The second-order valence-electron chi connectivity index (χ2n) is 8.01. The van der Waals surface area contributed by atoms with Crippen LogP contribution in [0.3, 0.4) is 0 Å². The van der Waals surface area contributed by atoms with Crippen LogP contribution in [0.2, 0.25) is 0 Å². The highest BCUT2D eigenvalue weighted by Gasteiger charge is 2.30. The van der Waals surface area contributed by atoms with Crippen molar-refractivity contribution in [3.63, 3.8) is 0 Å². The third-order valence-corrected chi connectivity index (χ3v) is 5.86. The molecule has 0 aliphatic heterocycles. The number of hydrogen-bond acceptors (Lipinski definition) is 6. The summed E-state index contributed by atoms with van der Waals surface area (Å²) >= 11 is 0. The summed E-state index contributed by atoms with van der Waals surface area (Å²) < 4.78 is 43.1. The highest BCUT2D eigenvalue weighted by molar-refractivity contribution is 5.89. The number of alkyl halides is 3. The van der Waals surface area contributed by atoms with Gasteiger partial charge in [0.05, 0.1) is 24.3 Å². The molecule has 1 fully saturated rings. The van der Waals surface area contributed by atoms with Crippen molar-refractivity contribution < 1.29 is 22.7 Å². The molecule has 0 radical (unpaired) electrons. The van der Waals surface area contributed by atoms with Gasteiger partial charge in [-0.15, -0.1) is 0 Å². The number of nitrogens with one attached hydrogen (secondary N) is 1. The quantitative estimate of drug-likeness (QED) is 0.481. The molecule has 1 atom stereocenters. The van der Waals surface area contributed by atoms with E-state index in [4.69, 9.17) is 4.74 Å². The third-order valence-electron chi connectivity index (χ3n) is 5.86. The van der Waals surface area contributed by atoms with Crippen molar-refractivity contribution in [3.05, 3.63) is 71.7 Å². The molecule has 1 N–H and O–H groups in total. The Kier molecular flexibility index (Phi) is 6.57. The Morgan fingerprint density at radius 2 is 1.67 bits per heavy atom. The number of rotatable bonds is 6. The maximum absolute atomic E-state index is 12.8. The van der Waals surface area contributed by atoms with E-state index >= 15 is 0 Å². The van der Waals surface area contributed by atoms with E-state index in [1.165, 1.54) is 25.4 Å². The maximum Gasteiger partial charge on any atom is 0.416 e. The van der Waals surface area contributed by atoms with Crippen LogP contribution in [0.4, 0.5) is 19.0 Å². The van der Waals surface area contributed by atoms with Gasteiger partial charge in [0.25, 0.3) is 0 Å². The first-order chi connectivity index (χ1) is 15.8. The van der Waals surface area contributed by atoms with Gasteiger partial charge in [-0.25, -0.2) is 19.7 Å². The standard InChI is InChI=1S/C24H23F3N4O2/c1-33-23(32)17-8-11-20(28-12-17)31-21(15-4-2-3-5-15)18-13-29-22(30-14-18)16-6-9-19(10-7-16)24(25,26)27/h6-15,21H,2-5H2,1H3,(H,28,31). The fraction of sp³-hybridized carbons (Fsp3) is 0.333. The first kappa shape index (κ1) is 22.7. The van der Waals surface area contributed by atoms with E-state index in [9.17, 15) is 18.0 Å². The lowest BCUT2D eigenvalue weighted by molar-refractivity contribution is -0.137.